The van der Waals surface area contributed by atoms with E-state index in [9.17, 15) is 10.2 Å². The van der Waals surface area contributed by atoms with Crippen molar-refractivity contribution in [1.29, 1.82) is 0 Å². The number of phenolic OH excluding ortho intramolecular Hbond substituents is 2. The van der Waals surface area contributed by atoms with Gasteiger partial charge < -0.3 is 14.9 Å². The highest BCUT2D eigenvalue weighted by Gasteiger charge is 2.18. The van der Waals surface area contributed by atoms with Crippen LogP contribution in [-0.2, 0) is 0 Å². The Morgan fingerprint density at radius 2 is 1.41 bits per heavy atom. The fourth-order valence-corrected chi connectivity index (χ4v) is 3.81. The molecule has 0 amide bonds. The van der Waals surface area contributed by atoms with Gasteiger partial charge in [0, 0.05) is 11.6 Å². The molecule has 6 heteroatoms. The Morgan fingerprint density at radius 1 is 0.750 bits per heavy atom. The Labute approximate surface area is 184 Å². The minimum absolute atomic E-state index is 0.0389. The zero-order valence-corrected chi connectivity index (χ0v) is 17.5. The maximum absolute atomic E-state index is 10.4. The molecule has 0 bridgehead atoms. The second kappa shape index (κ2) is 8.15. The molecular formula is C26H21N3O3. The third-order valence-corrected chi connectivity index (χ3v) is 5.27. The van der Waals surface area contributed by atoms with Crippen molar-refractivity contribution >= 4 is 21.5 Å². The largest absolute Gasteiger partial charge is 0.508 e. The summed E-state index contributed by atoms with van der Waals surface area (Å²) in [7, 11) is 0. The number of hydrogen-bond donors (Lipinski definition) is 2. The average molecular weight is 423 g/mol. The van der Waals surface area contributed by atoms with Crippen LogP contribution in [0, 0.1) is 0 Å². The number of phenols is 2. The molecule has 5 rings (SSSR count). The molecule has 6 nitrogen and oxygen atoms in total. The van der Waals surface area contributed by atoms with E-state index in [0.29, 0.717) is 18.0 Å². The first-order chi connectivity index (χ1) is 15.6. The Hall–Kier alpha value is -4.19. The van der Waals surface area contributed by atoms with E-state index in [2.05, 4.69) is 28.2 Å². The third-order valence-electron chi connectivity index (χ3n) is 5.27. The summed E-state index contributed by atoms with van der Waals surface area (Å²) in [5.41, 5.74) is 1.26. The van der Waals surface area contributed by atoms with Crippen LogP contribution < -0.4 is 4.74 Å². The Bertz CT molecular complexity index is 1400. The number of rotatable bonds is 5. The first-order valence-corrected chi connectivity index (χ1v) is 10.5. The van der Waals surface area contributed by atoms with Gasteiger partial charge >= 0.3 is 6.01 Å². The number of nitrogens with zero attached hydrogens (tertiary/aromatic N) is 3. The van der Waals surface area contributed by atoms with Gasteiger partial charge in [0.1, 0.15) is 11.5 Å². The molecule has 0 atom stereocenters. The number of benzene rings is 4. The molecule has 5 aromatic rings. The number of aromatic hydroxyl groups is 2. The van der Waals surface area contributed by atoms with E-state index in [-0.39, 0.29) is 23.3 Å². The lowest BCUT2D eigenvalue weighted by atomic mass is 9.96. The maximum atomic E-state index is 10.4. The summed E-state index contributed by atoms with van der Waals surface area (Å²) in [6, 6.07) is 22.9. The van der Waals surface area contributed by atoms with Crippen molar-refractivity contribution in [2.24, 2.45) is 0 Å². The lowest BCUT2D eigenvalue weighted by molar-refractivity contribution is 0.292. The topological polar surface area (TPSA) is 88.4 Å². The molecule has 0 spiro atoms. The van der Waals surface area contributed by atoms with Crippen molar-refractivity contribution in [3.05, 3.63) is 72.8 Å². The second-order valence-corrected chi connectivity index (χ2v) is 7.51. The molecule has 32 heavy (non-hydrogen) atoms. The molecule has 158 valence electrons. The Morgan fingerprint density at radius 3 is 2.06 bits per heavy atom. The first-order valence-electron chi connectivity index (χ1n) is 10.5. The predicted molar refractivity (Wildman–Crippen MR) is 125 cm³/mol. The van der Waals surface area contributed by atoms with Crippen molar-refractivity contribution in [2.45, 2.75) is 13.3 Å². The number of hydrogen-bond acceptors (Lipinski definition) is 6. The molecule has 0 aliphatic carbocycles. The lowest BCUT2D eigenvalue weighted by Crippen LogP contribution is -2.05. The Kier molecular flexibility index (Phi) is 5.03. The van der Waals surface area contributed by atoms with Crippen LogP contribution in [0.25, 0.3) is 44.3 Å². The van der Waals surface area contributed by atoms with E-state index in [1.807, 2.05) is 43.3 Å². The van der Waals surface area contributed by atoms with E-state index >= 15 is 0 Å². The zero-order valence-electron chi connectivity index (χ0n) is 17.5. The lowest BCUT2D eigenvalue weighted by Gasteiger charge is -2.13. The second-order valence-electron chi connectivity index (χ2n) is 7.51. The number of fused-ring (bicyclic) bond motifs is 2. The smallest absolute Gasteiger partial charge is 0.320 e. The summed E-state index contributed by atoms with van der Waals surface area (Å²) in [6.45, 7) is 2.47. The summed E-state index contributed by atoms with van der Waals surface area (Å²) in [5.74, 6) is 0.576. The number of aromatic nitrogens is 3. The minimum Gasteiger partial charge on any atom is -0.508 e. The summed E-state index contributed by atoms with van der Waals surface area (Å²) < 4.78 is 5.77. The monoisotopic (exact) mass is 423 g/mol. The summed E-state index contributed by atoms with van der Waals surface area (Å²) >= 11 is 0. The van der Waals surface area contributed by atoms with Gasteiger partial charge in [0.2, 0.25) is 0 Å². The van der Waals surface area contributed by atoms with Gasteiger partial charge in [-0.05, 0) is 46.2 Å². The molecule has 0 saturated carbocycles. The van der Waals surface area contributed by atoms with Crippen LogP contribution in [0.3, 0.4) is 0 Å². The summed E-state index contributed by atoms with van der Waals surface area (Å²) in [5, 5.41) is 24.3. The third kappa shape index (κ3) is 3.56. The van der Waals surface area contributed by atoms with Crippen molar-refractivity contribution in [3.8, 4) is 40.3 Å². The van der Waals surface area contributed by atoms with Gasteiger partial charge in [-0.2, -0.15) is 9.97 Å². The van der Waals surface area contributed by atoms with Crippen LogP contribution >= 0.6 is 0 Å². The molecule has 2 N–H and O–H groups in total. The van der Waals surface area contributed by atoms with Gasteiger partial charge in [-0.15, -0.1) is 0 Å². The standard InChI is InChI=1S/C26H21N3O3/c1-2-13-32-26-28-24(21-12-11-18(30)15-22(21)31)27-25(29-26)23-19-9-5-3-7-16(19)14-17-8-4-6-10-20(17)23/h3-12,14-15,30-31H,2,13H2,1H3. The van der Waals surface area contributed by atoms with Crippen molar-refractivity contribution in [3.63, 3.8) is 0 Å². The summed E-state index contributed by atoms with van der Waals surface area (Å²) in [4.78, 5) is 13.8. The van der Waals surface area contributed by atoms with E-state index in [1.54, 1.807) is 6.07 Å². The van der Waals surface area contributed by atoms with Crippen LogP contribution in [0.5, 0.6) is 17.5 Å². The van der Waals surface area contributed by atoms with Crippen LogP contribution in [-0.4, -0.2) is 31.8 Å². The molecule has 0 aliphatic heterocycles. The SMILES string of the molecule is CCCOc1nc(-c2ccc(O)cc2O)nc(-c2c3ccccc3cc3ccccc23)n1. The van der Waals surface area contributed by atoms with Gasteiger partial charge in [-0.25, -0.2) is 4.98 Å². The quantitative estimate of drug-likeness (QED) is 0.352. The van der Waals surface area contributed by atoms with Gasteiger partial charge in [0.15, 0.2) is 11.6 Å². The maximum Gasteiger partial charge on any atom is 0.320 e. The zero-order chi connectivity index (χ0) is 22.1. The normalized spacial score (nSPS) is 11.2. The average Bonchev–Trinajstić information content (AvgIpc) is 2.81. The van der Waals surface area contributed by atoms with Crippen molar-refractivity contribution in [1.82, 2.24) is 15.0 Å². The fourth-order valence-electron chi connectivity index (χ4n) is 3.81. The van der Waals surface area contributed by atoms with Crippen LogP contribution in [0.1, 0.15) is 13.3 Å². The molecule has 1 aromatic heterocycles. The van der Waals surface area contributed by atoms with E-state index in [4.69, 9.17) is 9.72 Å². The Balaban J connectivity index is 1.82. The van der Waals surface area contributed by atoms with Gasteiger partial charge in [-0.3, -0.25) is 0 Å². The minimum atomic E-state index is -0.119. The van der Waals surface area contributed by atoms with E-state index < -0.39 is 0 Å². The van der Waals surface area contributed by atoms with Gasteiger partial charge in [-0.1, -0.05) is 55.5 Å². The van der Waals surface area contributed by atoms with Crippen molar-refractivity contribution in [2.75, 3.05) is 6.61 Å². The highest BCUT2D eigenvalue weighted by atomic mass is 16.5. The summed E-state index contributed by atoms with van der Waals surface area (Å²) in [6.07, 6.45) is 0.804. The molecule has 0 saturated heterocycles. The fraction of sp³-hybridized carbons (Fsp3) is 0.115. The predicted octanol–water partition coefficient (Wildman–Crippen LogP) is 5.71. The van der Waals surface area contributed by atoms with E-state index in [0.717, 1.165) is 33.5 Å². The molecule has 0 radical (unpaired) electrons. The first kappa shape index (κ1) is 19.8. The van der Waals surface area contributed by atoms with Crippen LogP contribution in [0.2, 0.25) is 0 Å². The molecule has 4 aromatic carbocycles. The van der Waals surface area contributed by atoms with Crippen LogP contribution in [0.4, 0.5) is 0 Å². The number of ether oxygens (including phenoxy) is 1. The van der Waals surface area contributed by atoms with Crippen LogP contribution in [0.15, 0.2) is 72.8 Å². The van der Waals surface area contributed by atoms with E-state index in [1.165, 1.54) is 12.1 Å². The van der Waals surface area contributed by atoms with Crippen molar-refractivity contribution < 1.29 is 14.9 Å². The van der Waals surface area contributed by atoms with Gasteiger partial charge in [0.05, 0.1) is 12.2 Å². The molecular weight excluding hydrogens is 402 g/mol. The highest BCUT2D eigenvalue weighted by molar-refractivity contribution is 6.11. The molecule has 0 aliphatic rings. The molecule has 0 fully saturated rings. The molecule has 1 heterocycles. The highest BCUT2D eigenvalue weighted by Crippen LogP contribution is 2.37. The molecule has 0 unspecified atom stereocenters. The van der Waals surface area contributed by atoms with Gasteiger partial charge in [0.25, 0.3) is 0 Å².